The number of carboxylic acids is 1. The summed E-state index contributed by atoms with van der Waals surface area (Å²) in [5, 5.41) is 28.0. The number of hydrogen-bond donors (Lipinski definition) is 4. The van der Waals surface area contributed by atoms with Gasteiger partial charge in [0.2, 0.25) is 0 Å². The second-order valence-electron chi connectivity index (χ2n) is 4.88. The fourth-order valence-electron chi connectivity index (χ4n) is 2.32. The number of aliphatic carboxylic acids is 1. The molecule has 0 amide bonds. The average molecular weight is 267 g/mol. The van der Waals surface area contributed by atoms with E-state index in [9.17, 15) is 15.0 Å². The van der Waals surface area contributed by atoms with Crippen molar-refractivity contribution >= 4 is 5.97 Å². The highest BCUT2D eigenvalue weighted by Gasteiger charge is 2.24. The summed E-state index contributed by atoms with van der Waals surface area (Å²) < 4.78 is 0. The van der Waals surface area contributed by atoms with Crippen LogP contribution in [0, 0.1) is 5.92 Å². The van der Waals surface area contributed by atoms with Crippen molar-refractivity contribution in [2.75, 3.05) is 0 Å². The van der Waals surface area contributed by atoms with E-state index in [1.807, 2.05) is 13.8 Å². The average Bonchev–Trinajstić information content (AvgIpc) is 2.34. The third kappa shape index (κ3) is 3.86. The lowest BCUT2D eigenvalue weighted by molar-refractivity contribution is -0.139. The molecule has 5 heteroatoms. The summed E-state index contributed by atoms with van der Waals surface area (Å²) in [6, 6.07) is 3.56. The lowest BCUT2D eigenvalue weighted by Gasteiger charge is -2.25. The number of hydrogen-bond acceptors (Lipinski definition) is 4. The highest BCUT2D eigenvalue weighted by molar-refractivity contribution is 5.73. The molecule has 1 aromatic carbocycles. The molecule has 19 heavy (non-hydrogen) atoms. The van der Waals surface area contributed by atoms with Crippen LogP contribution in [0.3, 0.4) is 0 Å². The van der Waals surface area contributed by atoms with E-state index in [1.54, 1.807) is 6.07 Å². The summed E-state index contributed by atoms with van der Waals surface area (Å²) >= 11 is 0. The number of carboxylic acid groups (broad SMARTS) is 1. The van der Waals surface area contributed by atoms with Crippen molar-refractivity contribution < 1.29 is 20.1 Å². The molecule has 0 radical (unpaired) electrons. The van der Waals surface area contributed by atoms with Crippen LogP contribution in [0.4, 0.5) is 0 Å². The number of benzene rings is 1. The Morgan fingerprint density at radius 2 is 2.00 bits per heavy atom. The van der Waals surface area contributed by atoms with Crippen LogP contribution in [-0.4, -0.2) is 27.3 Å². The lowest BCUT2D eigenvalue weighted by atomic mass is 9.81. The van der Waals surface area contributed by atoms with Crippen molar-refractivity contribution in [2.45, 2.75) is 38.6 Å². The zero-order chi connectivity index (χ0) is 14.6. The van der Waals surface area contributed by atoms with Gasteiger partial charge in [-0.15, -0.1) is 0 Å². The predicted molar refractivity (Wildman–Crippen MR) is 72.2 cm³/mol. The van der Waals surface area contributed by atoms with Crippen LogP contribution in [0.5, 0.6) is 11.5 Å². The number of phenols is 2. The second-order valence-corrected chi connectivity index (χ2v) is 4.88. The van der Waals surface area contributed by atoms with Crippen molar-refractivity contribution in [2.24, 2.45) is 11.7 Å². The van der Waals surface area contributed by atoms with Gasteiger partial charge in [-0.25, -0.2) is 0 Å². The Hall–Kier alpha value is -1.75. The van der Waals surface area contributed by atoms with E-state index in [2.05, 4.69) is 0 Å². The van der Waals surface area contributed by atoms with Crippen LogP contribution >= 0.6 is 0 Å². The topological polar surface area (TPSA) is 104 Å². The molecule has 0 aromatic heterocycles. The van der Waals surface area contributed by atoms with Crippen LogP contribution < -0.4 is 5.73 Å². The summed E-state index contributed by atoms with van der Waals surface area (Å²) in [5.74, 6) is -0.961. The van der Waals surface area contributed by atoms with Crippen LogP contribution in [0.1, 0.15) is 38.2 Å². The molecule has 5 N–H and O–H groups in total. The van der Waals surface area contributed by atoms with Crippen molar-refractivity contribution in [1.82, 2.24) is 0 Å². The monoisotopic (exact) mass is 267 g/mol. The van der Waals surface area contributed by atoms with E-state index in [0.717, 1.165) is 6.42 Å². The fourth-order valence-corrected chi connectivity index (χ4v) is 2.32. The highest BCUT2D eigenvalue weighted by Crippen LogP contribution is 2.36. The Balaban J connectivity index is 2.88. The van der Waals surface area contributed by atoms with E-state index in [4.69, 9.17) is 10.8 Å². The minimum absolute atomic E-state index is 0.00346. The largest absolute Gasteiger partial charge is 0.508 e. The maximum absolute atomic E-state index is 10.8. The first-order chi connectivity index (χ1) is 8.86. The van der Waals surface area contributed by atoms with E-state index >= 15 is 0 Å². The summed E-state index contributed by atoms with van der Waals surface area (Å²) in [7, 11) is 0. The van der Waals surface area contributed by atoms with Crippen molar-refractivity contribution in [3.05, 3.63) is 23.8 Å². The third-order valence-electron chi connectivity index (χ3n) is 3.61. The van der Waals surface area contributed by atoms with Gasteiger partial charge in [-0.3, -0.25) is 4.79 Å². The van der Waals surface area contributed by atoms with Gasteiger partial charge in [-0.05, 0) is 29.9 Å². The molecule has 5 nitrogen and oxygen atoms in total. The molecule has 0 aliphatic rings. The van der Waals surface area contributed by atoms with Crippen LogP contribution in [-0.2, 0) is 4.79 Å². The highest BCUT2D eigenvalue weighted by atomic mass is 16.4. The summed E-state index contributed by atoms with van der Waals surface area (Å²) in [6.45, 7) is 3.89. The Morgan fingerprint density at radius 1 is 1.37 bits per heavy atom. The maximum Gasteiger partial charge on any atom is 0.320 e. The Kier molecular flexibility index (Phi) is 5.18. The van der Waals surface area contributed by atoms with Gasteiger partial charge in [0.15, 0.2) is 0 Å². The van der Waals surface area contributed by atoms with Gasteiger partial charge in [0.05, 0.1) is 0 Å². The fraction of sp³-hybridized carbons (Fsp3) is 0.500. The maximum atomic E-state index is 10.8. The van der Waals surface area contributed by atoms with Crippen molar-refractivity contribution in [3.8, 4) is 11.5 Å². The first-order valence-corrected chi connectivity index (χ1v) is 6.37. The molecular weight excluding hydrogens is 246 g/mol. The first kappa shape index (κ1) is 15.3. The van der Waals surface area contributed by atoms with E-state index < -0.39 is 12.0 Å². The summed E-state index contributed by atoms with van der Waals surface area (Å²) in [5.41, 5.74) is 6.27. The van der Waals surface area contributed by atoms with Crippen LogP contribution in [0.2, 0.25) is 0 Å². The second kappa shape index (κ2) is 6.43. The molecule has 1 aromatic rings. The molecule has 0 spiro atoms. The summed E-state index contributed by atoms with van der Waals surface area (Å²) in [4.78, 5) is 10.8. The van der Waals surface area contributed by atoms with Crippen molar-refractivity contribution in [1.29, 1.82) is 0 Å². The van der Waals surface area contributed by atoms with Crippen molar-refractivity contribution in [3.63, 3.8) is 0 Å². The molecule has 0 aliphatic carbocycles. The normalized spacial score (nSPS) is 15.7. The zero-order valence-corrected chi connectivity index (χ0v) is 11.2. The molecule has 0 heterocycles. The standard InChI is InChI=1S/C14H21NO4/c1-3-9(6-12(15)14(18)19)8(2)11-5-4-10(16)7-13(11)17/h4-5,7-9,12,16-17H,3,6,15H2,1-2H3,(H,18,19). The van der Waals surface area contributed by atoms with Crippen LogP contribution in [0.25, 0.3) is 0 Å². The molecule has 106 valence electrons. The van der Waals surface area contributed by atoms with Gasteiger partial charge in [-0.1, -0.05) is 26.3 Å². The van der Waals surface area contributed by atoms with Gasteiger partial charge in [0.25, 0.3) is 0 Å². The third-order valence-corrected chi connectivity index (χ3v) is 3.61. The smallest absolute Gasteiger partial charge is 0.320 e. The van der Waals surface area contributed by atoms with Gasteiger partial charge in [-0.2, -0.15) is 0 Å². The lowest BCUT2D eigenvalue weighted by Crippen LogP contribution is -2.33. The number of aromatic hydroxyl groups is 2. The SMILES string of the molecule is CCC(CC(N)C(=O)O)C(C)c1ccc(O)cc1O. The van der Waals surface area contributed by atoms with E-state index in [0.29, 0.717) is 12.0 Å². The molecule has 0 saturated heterocycles. The molecule has 1 rings (SSSR count). The zero-order valence-electron chi connectivity index (χ0n) is 11.2. The molecule has 0 saturated carbocycles. The first-order valence-electron chi connectivity index (χ1n) is 6.37. The molecule has 0 fully saturated rings. The molecule has 0 aliphatic heterocycles. The van der Waals surface area contributed by atoms with Gasteiger partial charge in [0.1, 0.15) is 17.5 Å². The van der Waals surface area contributed by atoms with Gasteiger partial charge < -0.3 is 21.1 Å². The Morgan fingerprint density at radius 3 is 2.47 bits per heavy atom. The quantitative estimate of drug-likeness (QED) is 0.631. The van der Waals surface area contributed by atoms with Gasteiger partial charge >= 0.3 is 5.97 Å². The minimum Gasteiger partial charge on any atom is -0.508 e. The number of phenolic OH excluding ortho intramolecular Hbond substituents is 2. The molecule has 0 bridgehead atoms. The van der Waals surface area contributed by atoms with E-state index in [-0.39, 0.29) is 23.3 Å². The van der Waals surface area contributed by atoms with Gasteiger partial charge in [0, 0.05) is 6.07 Å². The van der Waals surface area contributed by atoms with Crippen LogP contribution in [0.15, 0.2) is 18.2 Å². The Bertz CT molecular complexity index is 447. The minimum atomic E-state index is -1.01. The Labute approximate surface area is 112 Å². The number of carbonyl (C=O) groups is 1. The predicted octanol–water partition coefficient (Wildman–Crippen LogP) is 2.03. The number of nitrogens with two attached hydrogens (primary N) is 1. The number of rotatable bonds is 6. The molecular formula is C14H21NO4. The summed E-state index contributed by atoms with van der Waals surface area (Å²) in [6.07, 6.45) is 1.12. The van der Waals surface area contributed by atoms with E-state index in [1.165, 1.54) is 12.1 Å². The molecule has 3 atom stereocenters. The molecule has 3 unspecified atom stereocenters.